The third kappa shape index (κ3) is 3.93. The molecule has 0 bridgehead atoms. The average molecular weight is 280 g/mol. The zero-order chi connectivity index (χ0) is 13.5. The molecule has 0 radical (unpaired) electrons. The van der Waals surface area contributed by atoms with Crippen LogP contribution in [-0.4, -0.2) is 44.3 Å². The van der Waals surface area contributed by atoms with Crippen molar-refractivity contribution >= 4 is 11.8 Å². The Hall–Kier alpha value is -1.60. The monoisotopic (exact) mass is 280 g/mol. The van der Waals surface area contributed by atoms with E-state index in [0.29, 0.717) is 11.8 Å². The third-order valence-electron chi connectivity index (χ3n) is 2.34. The molecule has 0 saturated heterocycles. The highest BCUT2D eigenvalue weighted by Crippen LogP contribution is 2.19. The minimum absolute atomic E-state index is 0.221. The summed E-state index contributed by atoms with van der Waals surface area (Å²) in [4.78, 5) is 0. The second-order valence-corrected chi connectivity index (χ2v) is 4.91. The largest absolute Gasteiger partial charge is 0.508 e. The van der Waals surface area contributed by atoms with E-state index in [2.05, 4.69) is 22.4 Å². The van der Waals surface area contributed by atoms with Gasteiger partial charge in [0.05, 0.1) is 12.3 Å². The number of benzene rings is 1. The van der Waals surface area contributed by atoms with Crippen molar-refractivity contribution in [3.63, 3.8) is 0 Å². The Bertz CT molecular complexity index is 501. The van der Waals surface area contributed by atoms with E-state index in [0.717, 1.165) is 24.5 Å². The number of phenols is 1. The van der Waals surface area contributed by atoms with E-state index in [9.17, 15) is 5.11 Å². The van der Waals surface area contributed by atoms with Crippen LogP contribution in [0.15, 0.2) is 29.4 Å². The standard InChI is InChI=1S/C12H16N4O2S/c1-2-7-18-8-9-19-12-13-14-15-16(12)10-3-5-11(17)6-4-10/h3-6,17H,2,7-9H2,1H3. The second-order valence-electron chi connectivity index (χ2n) is 3.85. The van der Waals surface area contributed by atoms with Crippen LogP contribution < -0.4 is 0 Å². The van der Waals surface area contributed by atoms with Crippen molar-refractivity contribution < 1.29 is 9.84 Å². The van der Waals surface area contributed by atoms with Gasteiger partial charge in [0.25, 0.3) is 0 Å². The molecule has 1 N–H and O–H groups in total. The van der Waals surface area contributed by atoms with Gasteiger partial charge in [-0.3, -0.25) is 0 Å². The maximum Gasteiger partial charge on any atom is 0.214 e. The van der Waals surface area contributed by atoms with E-state index in [1.165, 1.54) is 0 Å². The molecule has 0 aliphatic carbocycles. The van der Waals surface area contributed by atoms with Crippen molar-refractivity contribution in [1.82, 2.24) is 20.2 Å². The summed E-state index contributed by atoms with van der Waals surface area (Å²) in [5, 5.41) is 21.6. The van der Waals surface area contributed by atoms with Crippen LogP contribution in [0.25, 0.3) is 5.69 Å². The number of hydrogen-bond donors (Lipinski definition) is 1. The predicted molar refractivity (Wildman–Crippen MR) is 72.7 cm³/mol. The summed E-state index contributed by atoms with van der Waals surface area (Å²) in [6.45, 7) is 3.54. The van der Waals surface area contributed by atoms with E-state index in [4.69, 9.17) is 4.74 Å². The van der Waals surface area contributed by atoms with Gasteiger partial charge in [-0.2, -0.15) is 4.68 Å². The normalized spacial score (nSPS) is 10.8. The summed E-state index contributed by atoms with van der Waals surface area (Å²) in [5.74, 6) is 1.03. The number of thioether (sulfide) groups is 1. The average Bonchev–Trinajstić information content (AvgIpc) is 2.88. The quantitative estimate of drug-likeness (QED) is 0.616. The molecular formula is C12H16N4O2S. The summed E-state index contributed by atoms with van der Waals surface area (Å²) in [6.07, 6.45) is 1.02. The number of aromatic hydroxyl groups is 1. The topological polar surface area (TPSA) is 73.1 Å². The molecule has 0 aliphatic heterocycles. The van der Waals surface area contributed by atoms with Crippen LogP contribution in [0.1, 0.15) is 13.3 Å². The Morgan fingerprint density at radius 1 is 1.26 bits per heavy atom. The first-order valence-corrected chi connectivity index (χ1v) is 7.08. The Labute approximate surface area is 115 Å². The fourth-order valence-electron chi connectivity index (χ4n) is 1.46. The van der Waals surface area contributed by atoms with Crippen LogP contribution >= 0.6 is 11.8 Å². The molecule has 2 aromatic rings. The van der Waals surface area contributed by atoms with Crippen molar-refractivity contribution in [3.8, 4) is 11.4 Å². The first-order chi connectivity index (χ1) is 9.31. The highest BCUT2D eigenvalue weighted by Gasteiger charge is 2.08. The summed E-state index contributed by atoms with van der Waals surface area (Å²) in [7, 11) is 0. The van der Waals surface area contributed by atoms with Gasteiger partial charge in [-0.1, -0.05) is 18.7 Å². The van der Waals surface area contributed by atoms with Crippen LogP contribution in [0, 0.1) is 0 Å². The van der Waals surface area contributed by atoms with Crippen molar-refractivity contribution in [2.24, 2.45) is 0 Å². The molecule has 19 heavy (non-hydrogen) atoms. The van der Waals surface area contributed by atoms with E-state index < -0.39 is 0 Å². The zero-order valence-corrected chi connectivity index (χ0v) is 11.5. The maximum absolute atomic E-state index is 9.26. The number of aromatic nitrogens is 4. The molecule has 2 rings (SSSR count). The Morgan fingerprint density at radius 3 is 2.79 bits per heavy atom. The SMILES string of the molecule is CCCOCCSc1nnnn1-c1ccc(O)cc1. The summed E-state index contributed by atoms with van der Waals surface area (Å²) >= 11 is 1.54. The minimum Gasteiger partial charge on any atom is -0.508 e. The number of ether oxygens (including phenoxy) is 1. The first kappa shape index (κ1) is 13.8. The van der Waals surface area contributed by atoms with Crippen LogP contribution in [0.3, 0.4) is 0 Å². The zero-order valence-electron chi connectivity index (χ0n) is 10.7. The van der Waals surface area contributed by atoms with Crippen LogP contribution in [0.5, 0.6) is 5.75 Å². The fraction of sp³-hybridized carbons (Fsp3) is 0.417. The highest BCUT2D eigenvalue weighted by atomic mass is 32.2. The van der Waals surface area contributed by atoms with E-state index >= 15 is 0 Å². The minimum atomic E-state index is 0.221. The Kier molecular flexibility index (Phi) is 5.17. The molecule has 0 spiro atoms. The van der Waals surface area contributed by atoms with Gasteiger partial charge in [0.2, 0.25) is 5.16 Å². The summed E-state index contributed by atoms with van der Waals surface area (Å²) in [6, 6.07) is 6.75. The van der Waals surface area contributed by atoms with Gasteiger partial charge in [-0.05, 0) is 41.1 Å². The van der Waals surface area contributed by atoms with Crippen LogP contribution in [0.2, 0.25) is 0 Å². The molecule has 0 saturated carbocycles. The van der Waals surface area contributed by atoms with Gasteiger partial charge >= 0.3 is 0 Å². The summed E-state index contributed by atoms with van der Waals surface area (Å²) < 4.78 is 7.05. The summed E-state index contributed by atoms with van der Waals surface area (Å²) in [5.41, 5.74) is 0.819. The van der Waals surface area contributed by atoms with Crippen molar-refractivity contribution in [2.45, 2.75) is 18.5 Å². The molecule has 102 valence electrons. The molecule has 0 amide bonds. The molecule has 0 atom stereocenters. The molecule has 6 nitrogen and oxygen atoms in total. The molecule has 0 aliphatic rings. The number of hydrogen-bond acceptors (Lipinski definition) is 6. The smallest absolute Gasteiger partial charge is 0.214 e. The van der Waals surface area contributed by atoms with Crippen LogP contribution in [-0.2, 0) is 4.74 Å². The molecular weight excluding hydrogens is 264 g/mol. The molecule has 0 unspecified atom stereocenters. The van der Waals surface area contributed by atoms with Crippen LogP contribution in [0.4, 0.5) is 0 Å². The van der Waals surface area contributed by atoms with Crippen molar-refractivity contribution in [2.75, 3.05) is 19.0 Å². The lowest BCUT2D eigenvalue weighted by molar-refractivity contribution is 0.151. The van der Waals surface area contributed by atoms with E-state index in [-0.39, 0.29) is 5.75 Å². The van der Waals surface area contributed by atoms with Gasteiger partial charge in [0, 0.05) is 12.4 Å². The predicted octanol–water partition coefficient (Wildman–Crippen LogP) is 1.89. The number of rotatable bonds is 7. The number of nitrogens with zero attached hydrogens (tertiary/aromatic N) is 4. The van der Waals surface area contributed by atoms with Gasteiger partial charge in [0.15, 0.2) is 0 Å². The van der Waals surface area contributed by atoms with Gasteiger partial charge in [0.1, 0.15) is 5.75 Å². The fourth-order valence-corrected chi connectivity index (χ4v) is 2.21. The van der Waals surface area contributed by atoms with Crippen molar-refractivity contribution in [3.05, 3.63) is 24.3 Å². The maximum atomic E-state index is 9.26. The second kappa shape index (κ2) is 7.10. The first-order valence-electron chi connectivity index (χ1n) is 6.09. The van der Waals surface area contributed by atoms with E-state index in [1.807, 2.05) is 0 Å². The lowest BCUT2D eigenvalue weighted by Crippen LogP contribution is -2.02. The van der Waals surface area contributed by atoms with Gasteiger partial charge in [-0.15, -0.1) is 5.10 Å². The molecule has 1 heterocycles. The molecule has 0 fully saturated rings. The molecule has 1 aromatic carbocycles. The molecule has 1 aromatic heterocycles. The Balaban J connectivity index is 1.96. The molecule has 7 heteroatoms. The number of tetrazole rings is 1. The number of phenolic OH excluding ortho intramolecular Hbond substituents is 1. The van der Waals surface area contributed by atoms with Crippen molar-refractivity contribution in [1.29, 1.82) is 0 Å². The van der Waals surface area contributed by atoms with Gasteiger partial charge < -0.3 is 9.84 Å². The third-order valence-corrected chi connectivity index (χ3v) is 3.23. The van der Waals surface area contributed by atoms with E-state index in [1.54, 1.807) is 40.7 Å². The van der Waals surface area contributed by atoms with Gasteiger partial charge in [-0.25, -0.2) is 0 Å². The lowest BCUT2D eigenvalue weighted by atomic mass is 10.3. The Morgan fingerprint density at radius 2 is 2.05 bits per heavy atom. The highest BCUT2D eigenvalue weighted by molar-refractivity contribution is 7.99. The lowest BCUT2D eigenvalue weighted by Gasteiger charge is -2.04.